The fourth-order valence-corrected chi connectivity index (χ4v) is 3.64. The van der Waals surface area contributed by atoms with Crippen LogP contribution in [-0.4, -0.2) is 25.7 Å². The number of rotatable bonds is 6. The molecule has 7 heteroatoms. The standard InChI is InChI=1S/C14H16N2O3S2/c1-10(14-15-6-7-20-14)9-16-21(18,19)13-5-3-4-12(8-13)11(2)17/h3-8,10,16H,9H2,1-2H3. The summed E-state index contributed by atoms with van der Waals surface area (Å²) < 4.78 is 27.0. The van der Waals surface area contributed by atoms with Gasteiger partial charge in [-0.2, -0.15) is 0 Å². The van der Waals surface area contributed by atoms with Crippen molar-refractivity contribution in [2.24, 2.45) is 0 Å². The third kappa shape index (κ3) is 3.96. The summed E-state index contributed by atoms with van der Waals surface area (Å²) >= 11 is 1.49. The van der Waals surface area contributed by atoms with Gasteiger partial charge < -0.3 is 0 Å². The SMILES string of the molecule is CC(=O)c1cccc(S(=O)(=O)NCC(C)c2nccs2)c1. The first kappa shape index (κ1) is 15.8. The summed E-state index contributed by atoms with van der Waals surface area (Å²) in [6.07, 6.45) is 1.70. The Balaban J connectivity index is 2.11. The molecule has 0 aliphatic rings. The summed E-state index contributed by atoms with van der Waals surface area (Å²) in [4.78, 5) is 15.6. The van der Waals surface area contributed by atoms with Crippen molar-refractivity contribution in [2.75, 3.05) is 6.54 Å². The Morgan fingerprint density at radius 3 is 2.81 bits per heavy atom. The van der Waals surface area contributed by atoms with E-state index in [0.717, 1.165) is 5.01 Å². The molecule has 1 N–H and O–H groups in total. The summed E-state index contributed by atoms with van der Waals surface area (Å²) in [6, 6.07) is 6.02. The molecule has 1 aromatic heterocycles. The van der Waals surface area contributed by atoms with Crippen molar-refractivity contribution in [3.8, 4) is 0 Å². The fourth-order valence-electron chi connectivity index (χ4n) is 1.77. The highest BCUT2D eigenvalue weighted by Crippen LogP contribution is 2.18. The van der Waals surface area contributed by atoms with Crippen LogP contribution in [0.2, 0.25) is 0 Å². The van der Waals surface area contributed by atoms with Gasteiger partial charge in [0.25, 0.3) is 0 Å². The second kappa shape index (κ2) is 6.46. The molecular formula is C14H16N2O3S2. The van der Waals surface area contributed by atoms with Crippen molar-refractivity contribution < 1.29 is 13.2 Å². The summed E-state index contributed by atoms with van der Waals surface area (Å²) in [5.74, 6) is -0.168. The first-order valence-electron chi connectivity index (χ1n) is 6.40. The molecule has 0 aliphatic heterocycles. The highest BCUT2D eigenvalue weighted by molar-refractivity contribution is 7.89. The number of sulfonamides is 1. The first-order valence-corrected chi connectivity index (χ1v) is 8.76. The van der Waals surface area contributed by atoms with Crippen LogP contribution in [0.5, 0.6) is 0 Å². The number of thiazole rings is 1. The van der Waals surface area contributed by atoms with Gasteiger partial charge in [0.2, 0.25) is 10.0 Å². The predicted molar refractivity (Wildman–Crippen MR) is 82.2 cm³/mol. The topological polar surface area (TPSA) is 76.1 Å². The van der Waals surface area contributed by atoms with E-state index in [1.807, 2.05) is 12.3 Å². The van der Waals surface area contributed by atoms with Gasteiger partial charge in [0, 0.05) is 29.6 Å². The van der Waals surface area contributed by atoms with E-state index in [4.69, 9.17) is 0 Å². The number of carbonyl (C=O) groups is 1. The van der Waals surface area contributed by atoms with E-state index < -0.39 is 10.0 Å². The minimum absolute atomic E-state index is 0.00392. The van der Waals surface area contributed by atoms with Crippen molar-refractivity contribution in [1.29, 1.82) is 0 Å². The number of nitrogens with one attached hydrogen (secondary N) is 1. The smallest absolute Gasteiger partial charge is 0.240 e. The zero-order chi connectivity index (χ0) is 15.5. The molecular weight excluding hydrogens is 308 g/mol. The van der Waals surface area contributed by atoms with Gasteiger partial charge in [0.1, 0.15) is 0 Å². The number of nitrogens with zero attached hydrogens (tertiary/aromatic N) is 1. The number of hydrogen-bond acceptors (Lipinski definition) is 5. The van der Waals surface area contributed by atoms with E-state index in [9.17, 15) is 13.2 Å². The first-order chi connectivity index (χ1) is 9.90. The van der Waals surface area contributed by atoms with E-state index in [0.29, 0.717) is 5.56 Å². The van der Waals surface area contributed by atoms with Gasteiger partial charge in [-0.15, -0.1) is 11.3 Å². The van der Waals surface area contributed by atoms with Gasteiger partial charge in [0.15, 0.2) is 5.78 Å². The summed E-state index contributed by atoms with van der Waals surface area (Å²) in [5.41, 5.74) is 0.380. The Labute approximate surface area is 128 Å². The normalized spacial score (nSPS) is 13.0. The average Bonchev–Trinajstić information content (AvgIpc) is 2.99. The largest absolute Gasteiger partial charge is 0.295 e. The molecule has 1 heterocycles. The molecule has 0 bridgehead atoms. The third-order valence-corrected chi connectivity index (χ3v) is 5.43. The molecule has 1 aromatic carbocycles. The van der Waals surface area contributed by atoms with Crippen molar-refractivity contribution >= 4 is 27.1 Å². The number of hydrogen-bond donors (Lipinski definition) is 1. The highest BCUT2D eigenvalue weighted by Gasteiger charge is 2.17. The van der Waals surface area contributed by atoms with E-state index in [2.05, 4.69) is 9.71 Å². The number of aromatic nitrogens is 1. The van der Waals surface area contributed by atoms with Crippen LogP contribution in [0.4, 0.5) is 0 Å². The van der Waals surface area contributed by atoms with E-state index in [-0.39, 0.29) is 23.1 Å². The van der Waals surface area contributed by atoms with Crippen molar-refractivity contribution in [3.05, 3.63) is 46.4 Å². The number of carbonyl (C=O) groups excluding carboxylic acids is 1. The Hall–Kier alpha value is -1.57. The quantitative estimate of drug-likeness (QED) is 0.828. The zero-order valence-electron chi connectivity index (χ0n) is 11.7. The molecule has 0 fully saturated rings. The lowest BCUT2D eigenvalue weighted by molar-refractivity contribution is 0.101. The van der Waals surface area contributed by atoms with Crippen LogP contribution in [-0.2, 0) is 10.0 Å². The number of Topliss-reactive ketones (excluding diaryl/α,β-unsaturated/α-hetero) is 1. The van der Waals surface area contributed by atoms with E-state index >= 15 is 0 Å². The molecule has 0 saturated carbocycles. The maximum absolute atomic E-state index is 12.2. The molecule has 2 rings (SSSR count). The van der Waals surface area contributed by atoms with Crippen LogP contribution < -0.4 is 4.72 Å². The van der Waals surface area contributed by atoms with E-state index in [1.54, 1.807) is 18.3 Å². The van der Waals surface area contributed by atoms with Crippen LogP contribution in [0.15, 0.2) is 40.7 Å². The van der Waals surface area contributed by atoms with Crippen LogP contribution in [0.1, 0.15) is 35.1 Å². The maximum Gasteiger partial charge on any atom is 0.240 e. The molecule has 0 saturated heterocycles. The minimum Gasteiger partial charge on any atom is -0.295 e. The third-order valence-electron chi connectivity index (χ3n) is 3.00. The van der Waals surface area contributed by atoms with Crippen LogP contribution in [0.25, 0.3) is 0 Å². The highest BCUT2D eigenvalue weighted by atomic mass is 32.2. The van der Waals surface area contributed by atoms with Gasteiger partial charge in [-0.25, -0.2) is 18.1 Å². The molecule has 0 aliphatic carbocycles. The monoisotopic (exact) mass is 324 g/mol. The predicted octanol–water partition coefficient (Wildman–Crippen LogP) is 2.43. The summed E-state index contributed by atoms with van der Waals surface area (Å²) in [5, 5.41) is 2.74. The fraction of sp³-hybridized carbons (Fsp3) is 0.286. The lowest BCUT2D eigenvalue weighted by Crippen LogP contribution is -2.27. The Kier molecular flexibility index (Phi) is 4.87. The Bertz CT molecular complexity index is 724. The van der Waals surface area contributed by atoms with Crippen molar-refractivity contribution in [3.63, 3.8) is 0 Å². The van der Waals surface area contributed by atoms with Crippen molar-refractivity contribution in [1.82, 2.24) is 9.71 Å². The molecule has 1 unspecified atom stereocenters. The van der Waals surface area contributed by atoms with E-state index in [1.165, 1.54) is 30.4 Å². The molecule has 112 valence electrons. The zero-order valence-corrected chi connectivity index (χ0v) is 13.4. The second-order valence-corrected chi connectivity index (χ2v) is 7.40. The van der Waals surface area contributed by atoms with Crippen LogP contribution in [0.3, 0.4) is 0 Å². The van der Waals surface area contributed by atoms with Crippen molar-refractivity contribution in [2.45, 2.75) is 24.7 Å². The molecule has 0 amide bonds. The molecule has 2 aromatic rings. The second-order valence-electron chi connectivity index (χ2n) is 4.71. The number of benzene rings is 1. The van der Waals surface area contributed by atoms with Crippen LogP contribution in [0, 0.1) is 0 Å². The maximum atomic E-state index is 12.2. The van der Waals surface area contributed by atoms with Gasteiger partial charge in [-0.1, -0.05) is 19.1 Å². The minimum atomic E-state index is -3.63. The molecule has 1 atom stereocenters. The lowest BCUT2D eigenvalue weighted by atomic mass is 10.2. The number of ketones is 1. The van der Waals surface area contributed by atoms with Gasteiger partial charge in [0.05, 0.1) is 9.90 Å². The average molecular weight is 324 g/mol. The Morgan fingerprint density at radius 1 is 1.43 bits per heavy atom. The molecule has 21 heavy (non-hydrogen) atoms. The molecule has 0 spiro atoms. The van der Waals surface area contributed by atoms with Crippen LogP contribution >= 0.6 is 11.3 Å². The Morgan fingerprint density at radius 2 is 2.19 bits per heavy atom. The van der Waals surface area contributed by atoms with Gasteiger partial charge in [-0.05, 0) is 19.1 Å². The summed E-state index contributed by atoms with van der Waals surface area (Å²) in [6.45, 7) is 3.58. The van der Waals surface area contributed by atoms with Gasteiger partial charge in [-0.3, -0.25) is 4.79 Å². The molecule has 0 radical (unpaired) electrons. The lowest BCUT2D eigenvalue weighted by Gasteiger charge is -2.11. The molecule has 5 nitrogen and oxygen atoms in total. The summed E-state index contributed by atoms with van der Waals surface area (Å²) in [7, 11) is -3.63. The van der Waals surface area contributed by atoms with Gasteiger partial charge >= 0.3 is 0 Å².